The van der Waals surface area contributed by atoms with Crippen molar-refractivity contribution >= 4 is 23.7 Å². The Morgan fingerprint density at radius 2 is 1.45 bits per heavy atom. The van der Waals surface area contributed by atoms with Crippen molar-refractivity contribution in [2.75, 3.05) is 17.7 Å². The van der Waals surface area contributed by atoms with Crippen LogP contribution in [0.4, 0.5) is 16.2 Å². The van der Waals surface area contributed by atoms with Crippen molar-refractivity contribution < 1.29 is 14.3 Å². The van der Waals surface area contributed by atoms with E-state index in [0.29, 0.717) is 16.9 Å². The van der Waals surface area contributed by atoms with Crippen LogP contribution in [-0.2, 0) is 0 Å². The monoisotopic (exact) mass is 270 g/mol. The molecule has 0 aliphatic carbocycles. The van der Waals surface area contributed by atoms with E-state index in [2.05, 4.69) is 10.6 Å². The molecule has 0 saturated carbocycles. The second kappa shape index (κ2) is 6.38. The highest BCUT2D eigenvalue weighted by atomic mass is 16.5. The minimum absolute atomic E-state index is 0.353. The zero-order chi connectivity index (χ0) is 14.4. The SMILES string of the molecule is COc1ccc(NC(=O)Nc2ccc(C=O)cc2)cc1. The largest absolute Gasteiger partial charge is 0.497 e. The smallest absolute Gasteiger partial charge is 0.323 e. The molecule has 20 heavy (non-hydrogen) atoms. The molecule has 0 fully saturated rings. The van der Waals surface area contributed by atoms with Gasteiger partial charge in [-0.25, -0.2) is 4.79 Å². The fraction of sp³-hybridized carbons (Fsp3) is 0.0667. The first-order valence-electron chi connectivity index (χ1n) is 5.98. The number of rotatable bonds is 4. The van der Waals surface area contributed by atoms with Crippen molar-refractivity contribution in [1.82, 2.24) is 0 Å². The summed E-state index contributed by atoms with van der Waals surface area (Å²) in [5.74, 6) is 0.723. The van der Waals surface area contributed by atoms with E-state index < -0.39 is 0 Å². The highest BCUT2D eigenvalue weighted by Crippen LogP contribution is 2.15. The molecule has 2 N–H and O–H groups in total. The summed E-state index contributed by atoms with van der Waals surface area (Å²) in [7, 11) is 1.58. The fourth-order valence-electron chi connectivity index (χ4n) is 1.61. The molecule has 2 rings (SSSR count). The van der Waals surface area contributed by atoms with E-state index in [1.165, 1.54) is 0 Å². The van der Waals surface area contributed by atoms with E-state index in [9.17, 15) is 9.59 Å². The van der Waals surface area contributed by atoms with E-state index in [0.717, 1.165) is 12.0 Å². The van der Waals surface area contributed by atoms with Gasteiger partial charge in [0.25, 0.3) is 0 Å². The first-order chi connectivity index (χ1) is 9.71. The van der Waals surface area contributed by atoms with Crippen LogP contribution < -0.4 is 15.4 Å². The van der Waals surface area contributed by atoms with Crippen LogP contribution >= 0.6 is 0 Å². The van der Waals surface area contributed by atoms with Gasteiger partial charge in [-0.05, 0) is 48.5 Å². The Morgan fingerprint density at radius 3 is 1.90 bits per heavy atom. The van der Waals surface area contributed by atoms with Crippen molar-refractivity contribution in [1.29, 1.82) is 0 Å². The molecule has 0 unspecified atom stereocenters. The maximum atomic E-state index is 11.8. The Bertz CT molecular complexity index is 592. The van der Waals surface area contributed by atoms with Gasteiger partial charge in [-0.1, -0.05) is 0 Å². The highest BCUT2D eigenvalue weighted by Gasteiger charge is 2.03. The average Bonchev–Trinajstić information content (AvgIpc) is 2.49. The maximum absolute atomic E-state index is 11.8. The van der Waals surface area contributed by atoms with Gasteiger partial charge in [0, 0.05) is 16.9 Å². The van der Waals surface area contributed by atoms with Crippen molar-refractivity contribution in [2.24, 2.45) is 0 Å². The van der Waals surface area contributed by atoms with Crippen LogP contribution in [0.15, 0.2) is 48.5 Å². The summed E-state index contributed by atoms with van der Waals surface area (Å²) < 4.78 is 5.03. The Hall–Kier alpha value is -2.82. The number of benzene rings is 2. The zero-order valence-corrected chi connectivity index (χ0v) is 10.9. The normalized spacial score (nSPS) is 9.65. The van der Waals surface area contributed by atoms with Crippen molar-refractivity contribution in [3.63, 3.8) is 0 Å². The number of carbonyl (C=O) groups is 2. The van der Waals surface area contributed by atoms with E-state index in [-0.39, 0.29) is 6.03 Å². The summed E-state index contributed by atoms with van der Waals surface area (Å²) in [4.78, 5) is 22.3. The van der Waals surface area contributed by atoms with Gasteiger partial charge in [-0.3, -0.25) is 4.79 Å². The van der Waals surface area contributed by atoms with Crippen molar-refractivity contribution in [3.05, 3.63) is 54.1 Å². The van der Waals surface area contributed by atoms with Crippen molar-refractivity contribution in [2.45, 2.75) is 0 Å². The third kappa shape index (κ3) is 3.58. The Balaban J connectivity index is 1.95. The van der Waals surface area contributed by atoms with Crippen LogP contribution in [0.1, 0.15) is 10.4 Å². The summed E-state index contributed by atoms with van der Waals surface area (Å²) in [5, 5.41) is 5.37. The molecule has 0 atom stereocenters. The highest BCUT2D eigenvalue weighted by molar-refractivity contribution is 5.99. The molecule has 0 bridgehead atoms. The number of nitrogens with one attached hydrogen (secondary N) is 2. The number of anilines is 2. The minimum Gasteiger partial charge on any atom is -0.497 e. The summed E-state index contributed by atoms with van der Waals surface area (Å²) in [6, 6.07) is 13.2. The molecule has 0 saturated heterocycles. The number of amides is 2. The third-order valence-corrected chi connectivity index (χ3v) is 2.65. The molecule has 102 valence electrons. The first-order valence-corrected chi connectivity index (χ1v) is 5.98. The topological polar surface area (TPSA) is 67.4 Å². The lowest BCUT2D eigenvalue weighted by Crippen LogP contribution is -2.19. The molecule has 0 spiro atoms. The minimum atomic E-state index is -0.353. The summed E-state index contributed by atoms with van der Waals surface area (Å²) in [6.07, 6.45) is 0.751. The first kappa shape index (κ1) is 13.6. The molecule has 0 radical (unpaired) electrons. The quantitative estimate of drug-likeness (QED) is 0.838. The number of carbonyl (C=O) groups excluding carboxylic acids is 2. The molecule has 5 heteroatoms. The molecule has 2 amide bonds. The molecule has 0 aromatic heterocycles. The van der Waals surface area contributed by atoms with Gasteiger partial charge in [0.05, 0.1) is 7.11 Å². The molecule has 0 aliphatic rings. The second-order valence-electron chi connectivity index (χ2n) is 4.05. The zero-order valence-electron chi connectivity index (χ0n) is 10.9. The number of urea groups is 1. The standard InChI is InChI=1S/C15H14N2O3/c1-20-14-8-6-13(7-9-14)17-15(19)16-12-4-2-11(10-18)3-5-12/h2-10H,1H3,(H2,16,17,19). The summed E-state index contributed by atoms with van der Waals surface area (Å²) >= 11 is 0. The lowest BCUT2D eigenvalue weighted by molar-refractivity contribution is 0.112. The predicted molar refractivity (Wildman–Crippen MR) is 77.5 cm³/mol. The van der Waals surface area contributed by atoms with Crippen LogP contribution in [-0.4, -0.2) is 19.4 Å². The summed E-state index contributed by atoms with van der Waals surface area (Å²) in [6.45, 7) is 0. The lowest BCUT2D eigenvalue weighted by Gasteiger charge is -2.08. The second-order valence-corrected chi connectivity index (χ2v) is 4.05. The number of hydrogen-bond donors (Lipinski definition) is 2. The lowest BCUT2D eigenvalue weighted by atomic mass is 10.2. The van der Waals surface area contributed by atoms with Crippen molar-refractivity contribution in [3.8, 4) is 5.75 Å². The van der Waals surface area contributed by atoms with Gasteiger partial charge in [0.1, 0.15) is 12.0 Å². The predicted octanol–water partition coefficient (Wildman–Crippen LogP) is 3.15. The third-order valence-electron chi connectivity index (χ3n) is 2.65. The maximum Gasteiger partial charge on any atom is 0.323 e. The molecular formula is C15H14N2O3. The number of methoxy groups -OCH3 is 1. The molecule has 0 heterocycles. The number of ether oxygens (including phenoxy) is 1. The van der Waals surface area contributed by atoms with Gasteiger partial charge in [-0.15, -0.1) is 0 Å². The van der Waals surface area contributed by atoms with Gasteiger partial charge >= 0.3 is 6.03 Å². The molecule has 2 aromatic carbocycles. The Morgan fingerprint density at radius 1 is 0.950 bits per heavy atom. The van der Waals surface area contributed by atoms with Gasteiger partial charge in [0.15, 0.2) is 0 Å². The Kier molecular flexibility index (Phi) is 4.34. The fourth-order valence-corrected chi connectivity index (χ4v) is 1.61. The van der Waals surface area contributed by atoms with E-state index in [1.807, 2.05) is 0 Å². The van der Waals surface area contributed by atoms with E-state index in [4.69, 9.17) is 4.74 Å². The average molecular weight is 270 g/mol. The van der Waals surface area contributed by atoms with Gasteiger partial charge in [0.2, 0.25) is 0 Å². The van der Waals surface area contributed by atoms with Crippen LogP contribution in [0, 0.1) is 0 Å². The molecule has 0 aliphatic heterocycles. The molecular weight excluding hydrogens is 256 g/mol. The Labute approximate surface area is 116 Å². The molecule has 2 aromatic rings. The van der Waals surface area contributed by atoms with Crippen LogP contribution in [0.5, 0.6) is 5.75 Å². The number of hydrogen-bond acceptors (Lipinski definition) is 3. The van der Waals surface area contributed by atoms with Gasteiger partial charge < -0.3 is 15.4 Å². The van der Waals surface area contributed by atoms with Crippen LogP contribution in [0.3, 0.4) is 0 Å². The number of aldehydes is 1. The summed E-state index contributed by atoms with van der Waals surface area (Å²) in [5.41, 5.74) is 1.83. The van der Waals surface area contributed by atoms with Gasteiger partial charge in [-0.2, -0.15) is 0 Å². The van der Waals surface area contributed by atoms with E-state index >= 15 is 0 Å². The van der Waals surface area contributed by atoms with Crippen LogP contribution in [0.2, 0.25) is 0 Å². The molecule has 5 nitrogen and oxygen atoms in total. The van der Waals surface area contributed by atoms with E-state index in [1.54, 1.807) is 55.6 Å². The van der Waals surface area contributed by atoms with Crippen LogP contribution in [0.25, 0.3) is 0 Å².